The molecule has 0 spiro atoms. The Kier molecular flexibility index (Phi) is 3.50. The fourth-order valence-corrected chi connectivity index (χ4v) is 3.46. The number of para-hydroxylation sites is 1. The molecular weight excluding hydrogens is 264 g/mol. The molecule has 1 aliphatic carbocycles. The highest BCUT2D eigenvalue weighted by atomic mass is 16.5. The molecule has 1 aromatic carbocycles. The van der Waals surface area contributed by atoms with Crippen LogP contribution in [0.5, 0.6) is 5.75 Å². The van der Waals surface area contributed by atoms with Crippen LogP contribution in [-0.2, 0) is 9.59 Å². The molecule has 3 nitrogen and oxygen atoms in total. The van der Waals surface area contributed by atoms with Crippen LogP contribution in [0.25, 0.3) is 0 Å². The number of ether oxygens (including phenoxy) is 1. The average molecular weight is 282 g/mol. The molecule has 0 saturated carbocycles. The van der Waals surface area contributed by atoms with Crippen LogP contribution < -0.4 is 4.74 Å². The smallest absolute Gasteiger partial charge is 0.140 e. The maximum atomic E-state index is 12.1. The van der Waals surface area contributed by atoms with Gasteiger partial charge in [0, 0.05) is 11.8 Å². The number of hydrogen-bond donors (Lipinski definition) is 0. The fraction of sp³-hybridized carbons (Fsp3) is 0.333. The van der Waals surface area contributed by atoms with Gasteiger partial charge in [-0.3, -0.25) is 9.59 Å². The monoisotopic (exact) mass is 282 g/mol. The Labute approximate surface area is 124 Å². The highest BCUT2D eigenvalue weighted by Crippen LogP contribution is 2.46. The molecule has 0 saturated heterocycles. The van der Waals surface area contributed by atoms with Crippen molar-refractivity contribution in [3.63, 3.8) is 0 Å². The standard InChI is InChI=1S/C18H18O3/c1-11(19)17(12(2)20)18-13-7-3-5-9-15(13)21-16-10-6-4-8-14(16)18/h3-10,13,15,17-18H,1-2H3. The lowest BCUT2D eigenvalue weighted by Crippen LogP contribution is -2.41. The first-order valence-electron chi connectivity index (χ1n) is 7.21. The molecule has 0 fully saturated rings. The van der Waals surface area contributed by atoms with Crippen LogP contribution in [0.2, 0.25) is 0 Å². The third kappa shape index (κ3) is 2.33. The van der Waals surface area contributed by atoms with E-state index in [1.165, 1.54) is 13.8 Å². The Bertz CT molecular complexity index is 628. The van der Waals surface area contributed by atoms with Gasteiger partial charge < -0.3 is 4.74 Å². The molecule has 3 rings (SSSR count). The molecule has 2 aliphatic rings. The summed E-state index contributed by atoms with van der Waals surface area (Å²) in [5.41, 5.74) is 0.953. The maximum absolute atomic E-state index is 12.1. The van der Waals surface area contributed by atoms with Crippen LogP contribution >= 0.6 is 0 Å². The molecule has 0 N–H and O–H groups in total. The molecule has 1 aromatic rings. The first-order chi connectivity index (χ1) is 10.1. The van der Waals surface area contributed by atoms with Gasteiger partial charge in [-0.15, -0.1) is 0 Å². The fourth-order valence-electron chi connectivity index (χ4n) is 3.46. The number of rotatable bonds is 3. The van der Waals surface area contributed by atoms with Crippen LogP contribution in [0.1, 0.15) is 25.3 Å². The van der Waals surface area contributed by atoms with Crippen molar-refractivity contribution < 1.29 is 14.3 Å². The predicted octanol–water partition coefficient (Wildman–Crippen LogP) is 3.07. The SMILES string of the molecule is CC(=O)C(C(C)=O)C1c2ccccc2OC2C=CC=CC21. The van der Waals surface area contributed by atoms with Gasteiger partial charge in [-0.05, 0) is 31.6 Å². The second kappa shape index (κ2) is 5.32. The lowest BCUT2D eigenvalue weighted by atomic mass is 9.69. The van der Waals surface area contributed by atoms with E-state index in [2.05, 4.69) is 0 Å². The van der Waals surface area contributed by atoms with E-state index in [0.29, 0.717) is 0 Å². The molecule has 1 aliphatic heterocycles. The highest BCUT2D eigenvalue weighted by molar-refractivity contribution is 6.01. The molecule has 0 aromatic heterocycles. The van der Waals surface area contributed by atoms with Crippen molar-refractivity contribution in [3.05, 3.63) is 54.1 Å². The largest absolute Gasteiger partial charge is 0.485 e. The Hall–Kier alpha value is -2.16. The minimum Gasteiger partial charge on any atom is -0.485 e. The Morgan fingerprint density at radius 1 is 1.05 bits per heavy atom. The summed E-state index contributed by atoms with van der Waals surface area (Å²) in [6, 6.07) is 7.70. The zero-order valence-electron chi connectivity index (χ0n) is 12.2. The first kappa shape index (κ1) is 13.8. The van der Waals surface area contributed by atoms with Crippen molar-refractivity contribution in [1.29, 1.82) is 0 Å². The van der Waals surface area contributed by atoms with Crippen molar-refractivity contribution in [2.24, 2.45) is 11.8 Å². The number of benzene rings is 1. The summed E-state index contributed by atoms with van der Waals surface area (Å²) >= 11 is 0. The summed E-state index contributed by atoms with van der Waals surface area (Å²) in [7, 11) is 0. The summed E-state index contributed by atoms with van der Waals surface area (Å²) in [6.07, 6.45) is 7.83. The lowest BCUT2D eigenvalue weighted by molar-refractivity contribution is -0.132. The van der Waals surface area contributed by atoms with E-state index in [0.717, 1.165) is 11.3 Å². The van der Waals surface area contributed by atoms with Crippen LogP contribution in [0.4, 0.5) is 0 Å². The van der Waals surface area contributed by atoms with Gasteiger partial charge in [0.2, 0.25) is 0 Å². The molecule has 1 heterocycles. The summed E-state index contributed by atoms with van der Waals surface area (Å²) in [6.45, 7) is 3.00. The first-order valence-corrected chi connectivity index (χ1v) is 7.21. The maximum Gasteiger partial charge on any atom is 0.140 e. The van der Waals surface area contributed by atoms with Gasteiger partial charge in [0.25, 0.3) is 0 Å². The third-order valence-electron chi connectivity index (χ3n) is 4.32. The number of carbonyl (C=O) groups is 2. The normalized spacial score (nSPS) is 26.0. The van der Waals surface area contributed by atoms with E-state index in [-0.39, 0.29) is 29.5 Å². The topological polar surface area (TPSA) is 43.4 Å². The number of ketones is 2. The number of Topliss-reactive ketones (excluding diaryl/α,β-unsaturated/α-hetero) is 2. The van der Waals surface area contributed by atoms with Gasteiger partial charge >= 0.3 is 0 Å². The van der Waals surface area contributed by atoms with Gasteiger partial charge in [0.15, 0.2) is 0 Å². The van der Waals surface area contributed by atoms with E-state index in [1.54, 1.807) is 0 Å². The Morgan fingerprint density at radius 2 is 1.71 bits per heavy atom. The molecule has 3 heteroatoms. The zero-order valence-corrected chi connectivity index (χ0v) is 12.2. The highest BCUT2D eigenvalue weighted by Gasteiger charge is 2.43. The second-order valence-electron chi connectivity index (χ2n) is 5.69. The van der Waals surface area contributed by atoms with Crippen LogP contribution in [0.3, 0.4) is 0 Å². The van der Waals surface area contributed by atoms with Crippen molar-refractivity contribution in [3.8, 4) is 5.75 Å². The van der Waals surface area contributed by atoms with Crippen molar-refractivity contribution in [1.82, 2.24) is 0 Å². The third-order valence-corrected chi connectivity index (χ3v) is 4.32. The summed E-state index contributed by atoms with van der Waals surface area (Å²) in [5.74, 6) is -0.134. The minimum absolute atomic E-state index is 0.0164. The summed E-state index contributed by atoms with van der Waals surface area (Å²) < 4.78 is 6.02. The van der Waals surface area contributed by atoms with Gasteiger partial charge in [-0.25, -0.2) is 0 Å². The Balaban J connectivity index is 2.14. The van der Waals surface area contributed by atoms with Gasteiger partial charge in [-0.1, -0.05) is 36.4 Å². The van der Waals surface area contributed by atoms with Crippen LogP contribution in [0, 0.1) is 11.8 Å². The molecule has 21 heavy (non-hydrogen) atoms. The van der Waals surface area contributed by atoms with Crippen molar-refractivity contribution >= 4 is 11.6 Å². The molecule has 3 atom stereocenters. The number of carbonyl (C=O) groups excluding carboxylic acids is 2. The molecule has 3 unspecified atom stereocenters. The number of fused-ring (bicyclic) bond motifs is 2. The van der Waals surface area contributed by atoms with E-state index in [1.807, 2.05) is 48.6 Å². The summed E-state index contributed by atoms with van der Waals surface area (Å²) in [5, 5.41) is 0. The second-order valence-corrected chi connectivity index (χ2v) is 5.69. The van der Waals surface area contributed by atoms with Crippen LogP contribution in [0.15, 0.2) is 48.6 Å². The minimum atomic E-state index is -0.612. The molecule has 0 radical (unpaired) electrons. The molecule has 0 amide bonds. The summed E-state index contributed by atoms with van der Waals surface area (Å²) in [4.78, 5) is 24.1. The predicted molar refractivity (Wildman–Crippen MR) is 80.2 cm³/mol. The lowest BCUT2D eigenvalue weighted by Gasteiger charge is -2.40. The van der Waals surface area contributed by atoms with Gasteiger partial charge in [0.05, 0.1) is 5.92 Å². The van der Waals surface area contributed by atoms with Gasteiger partial charge in [-0.2, -0.15) is 0 Å². The van der Waals surface area contributed by atoms with Gasteiger partial charge in [0.1, 0.15) is 23.4 Å². The Morgan fingerprint density at radius 3 is 2.43 bits per heavy atom. The number of allylic oxidation sites excluding steroid dienone is 2. The van der Waals surface area contributed by atoms with E-state index >= 15 is 0 Å². The zero-order chi connectivity index (χ0) is 15.0. The molecular formula is C18H18O3. The average Bonchev–Trinajstić information content (AvgIpc) is 2.46. The van der Waals surface area contributed by atoms with Crippen LogP contribution in [-0.4, -0.2) is 17.7 Å². The van der Waals surface area contributed by atoms with Crippen molar-refractivity contribution in [2.75, 3.05) is 0 Å². The van der Waals surface area contributed by atoms with E-state index in [4.69, 9.17) is 4.74 Å². The van der Waals surface area contributed by atoms with E-state index in [9.17, 15) is 9.59 Å². The molecule has 108 valence electrons. The quantitative estimate of drug-likeness (QED) is 0.800. The van der Waals surface area contributed by atoms with E-state index < -0.39 is 5.92 Å². The molecule has 0 bridgehead atoms. The van der Waals surface area contributed by atoms with Crippen molar-refractivity contribution in [2.45, 2.75) is 25.9 Å². The number of hydrogen-bond acceptors (Lipinski definition) is 3.